The SMILES string of the molecule is CCCSc1nc(Cl)c([N+](=O)[O-])c(NC2CC(OCCO)[C@H]3OC(=O)O[C@@H]23)n1. The van der Waals surface area contributed by atoms with Gasteiger partial charge in [-0.15, -0.1) is 0 Å². The van der Waals surface area contributed by atoms with Crippen molar-refractivity contribution in [1.29, 1.82) is 0 Å². The Kier molecular flexibility index (Phi) is 6.75. The van der Waals surface area contributed by atoms with Crippen LogP contribution in [0.15, 0.2) is 5.16 Å². The van der Waals surface area contributed by atoms with Crippen LogP contribution >= 0.6 is 23.4 Å². The van der Waals surface area contributed by atoms with E-state index in [4.69, 9.17) is 30.9 Å². The molecule has 13 heteroatoms. The van der Waals surface area contributed by atoms with E-state index in [-0.39, 0.29) is 24.2 Å². The Bertz CT molecular complexity index is 755. The highest BCUT2D eigenvalue weighted by Gasteiger charge is 2.54. The maximum absolute atomic E-state index is 11.5. The molecule has 1 aromatic rings. The largest absolute Gasteiger partial charge is 0.509 e. The number of aliphatic hydroxyl groups excluding tert-OH is 1. The smallest absolute Gasteiger partial charge is 0.425 e. The van der Waals surface area contributed by atoms with Crippen LogP contribution < -0.4 is 5.32 Å². The van der Waals surface area contributed by atoms with Gasteiger partial charge >= 0.3 is 11.8 Å². The molecule has 0 amide bonds. The Morgan fingerprint density at radius 1 is 1.43 bits per heavy atom. The highest BCUT2D eigenvalue weighted by atomic mass is 35.5. The fraction of sp³-hybridized carbons (Fsp3) is 0.667. The second-order valence-corrected chi connectivity index (χ2v) is 7.55. The number of hydrogen-bond acceptors (Lipinski definition) is 11. The van der Waals surface area contributed by atoms with Crippen molar-refractivity contribution in [2.75, 3.05) is 24.3 Å². The maximum Gasteiger partial charge on any atom is 0.509 e. The lowest BCUT2D eigenvalue weighted by molar-refractivity contribution is -0.384. The minimum Gasteiger partial charge on any atom is -0.425 e. The normalized spacial score (nSPS) is 25.9. The molecule has 28 heavy (non-hydrogen) atoms. The van der Waals surface area contributed by atoms with Gasteiger partial charge in [0.2, 0.25) is 11.0 Å². The number of nitrogens with zero attached hydrogens (tertiary/aromatic N) is 3. The van der Waals surface area contributed by atoms with E-state index in [9.17, 15) is 14.9 Å². The fourth-order valence-electron chi connectivity index (χ4n) is 3.11. The van der Waals surface area contributed by atoms with Crippen LogP contribution in [0.2, 0.25) is 5.15 Å². The summed E-state index contributed by atoms with van der Waals surface area (Å²) >= 11 is 7.34. The Morgan fingerprint density at radius 3 is 2.86 bits per heavy atom. The van der Waals surface area contributed by atoms with Crippen LogP contribution in [0.1, 0.15) is 19.8 Å². The molecule has 1 aliphatic heterocycles. The predicted molar refractivity (Wildman–Crippen MR) is 98.7 cm³/mol. The standard InChI is InChI=1S/C15H19ClN4O7S/c1-2-5-28-14-18-12(16)9(20(23)24)13(19-14)17-7-6-8(25-4-3-21)11-10(7)26-15(22)27-11/h7-8,10-11,21H,2-6H2,1H3,(H,17,18,19)/t7?,8?,10-,11+/m0/s1. The van der Waals surface area contributed by atoms with E-state index in [0.29, 0.717) is 11.6 Å². The van der Waals surface area contributed by atoms with Crippen LogP contribution in [0.4, 0.5) is 16.3 Å². The molecular formula is C15H19ClN4O7S. The third-order valence-corrected chi connectivity index (χ3v) is 5.54. The Morgan fingerprint density at radius 2 is 2.18 bits per heavy atom. The van der Waals surface area contributed by atoms with E-state index in [1.807, 2.05) is 6.92 Å². The number of halogens is 1. The molecule has 11 nitrogen and oxygen atoms in total. The predicted octanol–water partition coefficient (Wildman–Crippen LogP) is 2.01. The molecule has 0 spiro atoms. The zero-order valence-corrected chi connectivity index (χ0v) is 16.4. The summed E-state index contributed by atoms with van der Waals surface area (Å²) in [6, 6.07) is -0.547. The number of carbonyl (C=O) groups is 1. The average Bonchev–Trinajstić information content (AvgIpc) is 3.16. The molecule has 2 heterocycles. The number of fused-ring (bicyclic) bond motifs is 1. The van der Waals surface area contributed by atoms with E-state index in [1.54, 1.807) is 0 Å². The highest BCUT2D eigenvalue weighted by Crippen LogP contribution is 2.38. The second kappa shape index (κ2) is 9.07. The number of hydrogen-bond donors (Lipinski definition) is 2. The van der Waals surface area contributed by atoms with Gasteiger partial charge in [-0.2, -0.15) is 4.98 Å². The summed E-state index contributed by atoms with van der Waals surface area (Å²) in [4.78, 5) is 30.5. The first-order chi connectivity index (χ1) is 13.4. The minimum absolute atomic E-state index is 0.0573. The van der Waals surface area contributed by atoms with Crippen molar-refractivity contribution in [3.8, 4) is 0 Å². The third kappa shape index (κ3) is 4.40. The number of nitrogens with one attached hydrogen (secondary N) is 1. The van der Waals surface area contributed by atoms with Gasteiger partial charge in [0.05, 0.1) is 24.2 Å². The van der Waals surface area contributed by atoms with E-state index in [2.05, 4.69) is 15.3 Å². The van der Waals surface area contributed by atoms with E-state index < -0.39 is 41.1 Å². The molecule has 2 fully saturated rings. The minimum atomic E-state index is -0.839. The Labute approximate surface area is 169 Å². The quantitative estimate of drug-likeness (QED) is 0.147. The van der Waals surface area contributed by atoms with Gasteiger partial charge in [-0.3, -0.25) is 10.1 Å². The monoisotopic (exact) mass is 434 g/mol. The lowest BCUT2D eigenvalue weighted by Gasteiger charge is -2.18. The first kappa shape index (κ1) is 20.8. The average molecular weight is 435 g/mol. The van der Waals surface area contributed by atoms with Crippen LogP contribution in [-0.4, -0.2) is 69.5 Å². The molecule has 2 aliphatic rings. The first-order valence-electron chi connectivity index (χ1n) is 8.65. The van der Waals surface area contributed by atoms with Gasteiger partial charge in [0.25, 0.3) is 0 Å². The number of aliphatic hydroxyl groups is 1. The van der Waals surface area contributed by atoms with Crippen LogP contribution in [0.25, 0.3) is 0 Å². The topological polar surface area (TPSA) is 146 Å². The summed E-state index contributed by atoms with van der Waals surface area (Å²) < 4.78 is 15.8. The molecular weight excluding hydrogens is 416 g/mol. The number of aromatic nitrogens is 2. The summed E-state index contributed by atoms with van der Waals surface area (Å²) in [6.07, 6.45) is -1.55. The first-order valence-corrected chi connectivity index (χ1v) is 10.0. The van der Waals surface area contributed by atoms with Crippen molar-refractivity contribution >= 4 is 41.0 Å². The van der Waals surface area contributed by atoms with Gasteiger partial charge < -0.3 is 24.6 Å². The lowest BCUT2D eigenvalue weighted by Crippen LogP contribution is -2.34. The van der Waals surface area contributed by atoms with Gasteiger partial charge in [-0.1, -0.05) is 30.3 Å². The Hall–Kier alpha value is -1.89. The molecule has 0 bridgehead atoms. The second-order valence-electron chi connectivity index (χ2n) is 6.13. The summed E-state index contributed by atoms with van der Waals surface area (Å²) in [5.41, 5.74) is -0.455. The number of carbonyl (C=O) groups excluding carboxylic acids is 1. The van der Waals surface area contributed by atoms with Crippen LogP contribution in [0.3, 0.4) is 0 Å². The van der Waals surface area contributed by atoms with Crippen molar-refractivity contribution in [2.24, 2.45) is 0 Å². The van der Waals surface area contributed by atoms with E-state index in [1.165, 1.54) is 11.8 Å². The maximum atomic E-state index is 11.5. The van der Waals surface area contributed by atoms with Crippen LogP contribution in [-0.2, 0) is 14.2 Å². The summed E-state index contributed by atoms with van der Waals surface area (Å²) in [7, 11) is 0. The molecule has 3 rings (SSSR count). The Balaban J connectivity index is 1.85. The zero-order valence-electron chi connectivity index (χ0n) is 14.9. The molecule has 1 saturated carbocycles. The van der Waals surface area contributed by atoms with Crippen LogP contribution in [0, 0.1) is 10.1 Å². The molecule has 154 valence electrons. The van der Waals surface area contributed by atoms with Gasteiger partial charge in [0.15, 0.2) is 17.4 Å². The van der Waals surface area contributed by atoms with Crippen molar-refractivity contribution < 1.29 is 29.0 Å². The lowest BCUT2D eigenvalue weighted by atomic mass is 10.2. The van der Waals surface area contributed by atoms with Crippen molar-refractivity contribution in [3.05, 3.63) is 15.3 Å². The molecule has 4 atom stereocenters. The summed E-state index contributed by atoms with van der Waals surface area (Å²) in [6.45, 7) is 1.86. The molecule has 1 saturated heterocycles. The summed E-state index contributed by atoms with van der Waals surface area (Å²) in [5.74, 6) is 0.669. The van der Waals surface area contributed by atoms with Gasteiger partial charge in [-0.05, 0) is 6.42 Å². The van der Waals surface area contributed by atoms with E-state index in [0.717, 1.165) is 12.2 Å². The zero-order chi connectivity index (χ0) is 20.3. The number of ether oxygens (including phenoxy) is 3. The molecule has 2 unspecified atom stereocenters. The van der Waals surface area contributed by atoms with Gasteiger partial charge in [0.1, 0.15) is 6.10 Å². The molecule has 1 aliphatic carbocycles. The van der Waals surface area contributed by atoms with Crippen molar-refractivity contribution in [1.82, 2.24) is 9.97 Å². The fourth-order valence-corrected chi connectivity index (χ4v) is 4.10. The number of thioether (sulfide) groups is 1. The van der Waals surface area contributed by atoms with Crippen molar-refractivity contribution in [3.63, 3.8) is 0 Å². The number of rotatable bonds is 9. The number of anilines is 1. The van der Waals surface area contributed by atoms with Crippen molar-refractivity contribution in [2.45, 2.75) is 49.3 Å². The summed E-state index contributed by atoms with van der Waals surface area (Å²) in [5, 5.41) is 23.4. The van der Waals surface area contributed by atoms with Gasteiger partial charge in [0, 0.05) is 12.2 Å². The molecule has 2 N–H and O–H groups in total. The van der Waals surface area contributed by atoms with Gasteiger partial charge in [-0.25, -0.2) is 9.78 Å². The molecule has 0 aromatic carbocycles. The third-order valence-electron chi connectivity index (χ3n) is 4.22. The van der Waals surface area contributed by atoms with Crippen LogP contribution in [0.5, 0.6) is 0 Å². The molecule has 0 radical (unpaired) electrons. The molecule has 1 aromatic heterocycles. The van der Waals surface area contributed by atoms with E-state index >= 15 is 0 Å². The number of nitro groups is 1. The highest BCUT2D eigenvalue weighted by molar-refractivity contribution is 7.99.